The maximum atomic E-state index is 13.4. The quantitative estimate of drug-likeness (QED) is 0.699. The van der Waals surface area contributed by atoms with E-state index in [1.807, 2.05) is 30.0 Å². The SMILES string of the molecule is CCN(CC1CCCN(CCc2cccc(F)c2)C1)C(=O)Cc1cccnc1. The van der Waals surface area contributed by atoms with E-state index in [1.165, 1.54) is 6.07 Å². The molecule has 1 aliphatic rings. The lowest BCUT2D eigenvalue weighted by atomic mass is 9.96. The summed E-state index contributed by atoms with van der Waals surface area (Å²) >= 11 is 0. The number of benzene rings is 1. The fraction of sp³-hybridized carbons (Fsp3) is 0.478. The van der Waals surface area contributed by atoms with Gasteiger partial charge in [0, 0.05) is 38.6 Å². The molecule has 0 saturated carbocycles. The van der Waals surface area contributed by atoms with E-state index in [4.69, 9.17) is 0 Å². The van der Waals surface area contributed by atoms with E-state index in [1.54, 1.807) is 24.5 Å². The first-order chi connectivity index (χ1) is 13.6. The standard InChI is InChI=1S/C23H30FN3O/c1-2-27(23(28)15-20-7-4-11-25-16-20)18-21-8-5-12-26(17-21)13-10-19-6-3-9-22(24)14-19/h3-4,6-7,9,11,14,16,21H,2,5,8,10,12-13,15,17-18H2,1H3. The second kappa shape index (κ2) is 10.3. The van der Waals surface area contributed by atoms with Gasteiger partial charge in [0.05, 0.1) is 6.42 Å². The molecule has 0 bridgehead atoms. The van der Waals surface area contributed by atoms with Gasteiger partial charge in [-0.3, -0.25) is 9.78 Å². The highest BCUT2D eigenvalue weighted by Gasteiger charge is 2.23. The lowest BCUT2D eigenvalue weighted by Crippen LogP contribution is -2.43. The number of carbonyl (C=O) groups is 1. The summed E-state index contributed by atoms with van der Waals surface area (Å²) in [6.07, 6.45) is 7.08. The van der Waals surface area contributed by atoms with Crippen LogP contribution in [0.2, 0.25) is 0 Å². The third-order valence-corrected chi connectivity index (χ3v) is 5.50. The highest BCUT2D eigenvalue weighted by atomic mass is 19.1. The topological polar surface area (TPSA) is 36.4 Å². The van der Waals surface area contributed by atoms with Crippen molar-refractivity contribution in [1.82, 2.24) is 14.8 Å². The Morgan fingerprint density at radius 1 is 1.29 bits per heavy atom. The van der Waals surface area contributed by atoms with Crippen LogP contribution in [0.5, 0.6) is 0 Å². The number of likely N-dealkylation sites (tertiary alicyclic amines) is 1. The number of piperidine rings is 1. The lowest BCUT2D eigenvalue weighted by Gasteiger charge is -2.35. The molecule has 0 spiro atoms. The third kappa shape index (κ3) is 6.13. The van der Waals surface area contributed by atoms with Gasteiger partial charge in [-0.15, -0.1) is 0 Å². The van der Waals surface area contributed by atoms with Crippen LogP contribution >= 0.6 is 0 Å². The van der Waals surface area contributed by atoms with E-state index in [-0.39, 0.29) is 11.7 Å². The minimum atomic E-state index is -0.167. The van der Waals surface area contributed by atoms with E-state index >= 15 is 0 Å². The van der Waals surface area contributed by atoms with Gasteiger partial charge in [0.15, 0.2) is 0 Å². The zero-order chi connectivity index (χ0) is 19.8. The van der Waals surface area contributed by atoms with Gasteiger partial charge in [0.2, 0.25) is 5.91 Å². The number of hydrogen-bond donors (Lipinski definition) is 0. The van der Waals surface area contributed by atoms with Crippen LogP contribution in [-0.2, 0) is 17.6 Å². The molecule has 0 aliphatic carbocycles. The molecule has 1 aromatic heterocycles. The van der Waals surface area contributed by atoms with E-state index in [0.717, 1.165) is 63.1 Å². The Labute approximate surface area is 167 Å². The molecule has 3 rings (SSSR count). The van der Waals surface area contributed by atoms with Gasteiger partial charge in [-0.25, -0.2) is 4.39 Å². The van der Waals surface area contributed by atoms with Gasteiger partial charge < -0.3 is 9.80 Å². The van der Waals surface area contributed by atoms with Gasteiger partial charge in [0.25, 0.3) is 0 Å². The Morgan fingerprint density at radius 3 is 2.89 bits per heavy atom. The Balaban J connectivity index is 1.49. The number of aromatic nitrogens is 1. The highest BCUT2D eigenvalue weighted by molar-refractivity contribution is 5.78. The number of pyridine rings is 1. The largest absolute Gasteiger partial charge is 0.342 e. The molecule has 2 aromatic rings. The van der Waals surface area contributed by atoms with Crippen LogP contribution in [0.4, 0.5) is 4.39 Å². The number of carbonyl (C=O) groups excluding carboxylic acids is 1. The molecular formula is C23H30FN3O. The third-order valence-electron chi connectivity index (χ3n) is 5.50. The summed E-state index contributed by atoms with van der Waals surface area (Å²) in [5.74, 6) is 0.506. The lowest BCUT2D eigenvalue weighted by molar-refractivity contribution is -0.131. The van der Waals surface area contributed by atoms with Crippen LogP contribution in [0.1, 0.15) is 30.9 Å². The number of likely N-dealkylation sites (N-methyl/N-ethyl adjacent to an activating group) is 1. The van der Waals surface area contributed by atoms with Crippen LogP contribution in [0.25, 0.3) is 0 Å². The molecule has 28 heavy (non-hydrogen) atoms. The average molecular weight is 384 g/mol. The first-order valence-electron chi connectivity index (χ1n) is 10.3. The second-order valence-electron chi connectivity index (χ2n) is 7.66. The molecule has 0 N–H and O–H groups in total. The molecule has 1 fully saturated rings. The van der Waals surface area contributed by atoms with Crippen LogP contribution in [-0.4, -0.2) is 53.4 Å². The molecule has 1 aromatic carbocycles. The number of hydrogen-bond acceptors (Lipinski definition) is 3. The first kappa shape index (κ1) is 20.5. The number of nitrogens with zero attached hydrogens (tertiary/aromatic N) is 3. The minimum Gasteiger partial charge on any atom is -0.342 e. The van der Waals surface area contributed by atoms with Crippen molar-refractivity contribution in [2.75, 3.05) is 32.7 Å². The van der Waals surface area contributed by atoms with Gasteiger partial charge >= 0.3 is 0 Å². The Kier molecular flexibility index (Phi) is 7.54. The van der Waals surface area contributed by atoms with Crippen molar-refractivity contribution in [3.8, 4) is 0 Å². The van der Waals surface area contributed by atoms with Gasteiger partial charge in [0.1, 0.15) is 5.82 Å². The highest BCUT2D eigenvalue weighted by Crippen LogP contribution is 2.19. The maximum Gasteiger partial charge on any atom is 0.227 e. The van der Waals surface area contributed by atoms with Crippen LogP contribution in [0, 0.1) is 11.7 Å². The van der Waals surface area contributed by atoms with E-state index in [0.29, 0.717) is 12.3 Å². The number of amides is 1. The summed E-state index contributed by atoms with van der Waals surface area (Å²) in [6, 6.07) is 10.7. The fourth-order valence-corrected chi connectivity index (χ4v) is 3.99. The van der Waals surface area contributed by atoms with Gasteiger partial charge in [-0.1, -0.05) is 18.2 Å². The molecule has 150 valence electrons. The summed E-state index contributed by atoms with van der Waals surface area (Å²) in [6.45, 7) is 6.62. The van der Waals surface area contributed by atoms with E-state index in [9.17, 15) is 9.18 Å². The average Bonchev–Trinajstić information content (AvgIpc) is 2.71. The zero-order valence-electron chi connectivity index (χ0n) is 16.7. The van der Waals surface area contributed by atoms with Gasteiger partial charge in [-0.05, 0) is 68.0 Å². The molecule has 1 atom stereocenters. The number of halogens is 1. The molecule has 5 heteroatoms. The van der Waals surface area contributed by atoms with Crippen molar-refractivity contribution in [3.63, 3.8) is 0 Å². The van der Waals surface area contributed by atoms with Crippen molar-refractivity contribution < 1.29 is 9.18 Å². The van der Waals surface area contributed by atoms with Crippen LogP contribution in [0.3, 0.4) is 0 Å². The van der Waals surface area contributed by atoms with Gasteiger partial charge in [-0.2, -0.15) is 0 Å². The molecule has 1 aliphatic heterocycles. The first-order valence-corrected chi connectivity index (χ1v) is 10.3. The summed E-state index contributed by atoms with van der Waals surface area (Å²) in [4.78, 5) is 21.2. The summed E-state index contributed by atoms with van der Waals surface area (Å²) < 4.78 is 13.4. The second-order valence-corrected chi connectivity index (χ2v) is 7.66. The van der Waals surface area contributed by atoms with Crippen molar-refractivity contribution in [2.45, 2.75) is 32.6 Å². The smallest absolute Gasteiger partial charge is 0.227 e. The molecule has 2 heterocycles. The predicted molar refractivity (Wildman–Crippen MR) is 109 cm³/mol. The molecule has 1 saturated heterocycles. The normalized spacial score (nSPS) is 17.4. The van der Waals surface area contributed by atoms with Crippen molar-refractivity contribution in [3.05, 3.63) is 65.7 Å². The molecule has 1 amide bonds. The van der Waals surface area contributed by atoms with Crippen molar-refractivity contribution in [2.24, 2.45) is 5.92 Å². The Bertz CT molecular complexity index is 753. The predicted octanol–water partition coefficient (Wildman–Crippen LogP) is 3.57. The maximum absolute atomic E-state index is 13.4. The zero-order valence-corrected chi connectivity index (χ0v) is 16.7. The minimum absolute atomic E-state index is 0.167. The summed E-state index contributed by atoms with van der Waals surface area (Å²) in [7, 11) is 0. The summed E-state index contributed by atoms with van der Waals surface area (Å²) in [5.41, 5.74) is 2.01. The van der Waals surface area contributed by atoms with E-state index in [2.05, 4.69) is 9.88 Å². The van der Waals surface area contributed by atoms with Crippen LogP contribution in [0.15, 0.2) is 48.8 Å². The molecular weight excluding hydrogens is 353 g/mol. The van der Waals surface area contributed by atoms with Crippen LogP contribution < -0.4 is 0 Å². The monoisotopic (exact) mass is 383 g/mol. The summed E-state index contributed by atoms with van der Waals surface area (Å²) in [5, 5.41) is 0. The fourth-order valence-electron chi connectivity index (χ4n) is 3.99. The molecule has 0 radical (unpaired) electrons. The Hall–Kier alpha value is -2.27. The molecule has 1 unspecified atom stereocenters. The van der Waals surface area contributed by atoms with Crippen molar-refractivity contribution >= 4 is 5.91 Å². The van der Waals surface area contributed by atoms with E-state index < -0.39 is 0 Å². The molecule has 4 nitrogen and oxygen atoms in total. The number of rotatable bonds is 8. The Morgan fingerprint density at radius 2 is 2.14 bits per heavy atom. The van der Waals surface area contributed by atoms with Crippen molar-refractivity contribution in [1.29, 1.82) is 0 Å².